The monoisotopic (exact) mass is 365 g/mol. The lowest BCUT2D eigenvalue weighted by molar-refractivity contribution is -0.903. The van der Waals surface area contributed by atoms with Gasteiger partial charge in [-0.3, -0.25) is 4.79 Å². The number of anilines is 1. The first-order valence-corrected chi connectivity index (χ1v) is 8.00. The summed E-state index contributed by atoms with van der Waals surface area (Å²) in [7, 11) is 0. The number of nitrogens with one attached hydrogen (secondary N) is 2. The summed E-state index contributed by atoms with van der Waals surface area (Å²) in [5, 5.41) is 2.63. The predicted molar refractivity (Wildman–Crippen MR) is 89.2 cm³/mol. The van der Waals surface area contributed by atoms with Crippen molar-refractivity contribution in [3.63, 3.8) is 0 Å². The Kier molecular flexibility index (Phi) is 6.10. The van der Waals surface area contributed by atoms with Gasteiger partial charge in [-0.05, 0) is 25.1 Å². The standard InChI is InChI=1S/C17H18BrFN2O/c1-2-21(11-13-6-4-3-5-7-13)12-17(22)20-16-9-8-14(18)10-15(16)19/h3-10H,2,11-12H2,1H3,(H,20,22)/p+1. The molecule has 1 unspecified atom stereocenters. The van der Waals surface area contributed by atoms with Crippen molar-refractivity contribution in [1.82, 2.24) is 0 Å². The number of benzene rings is 2. The van der Waals surface area contributed by atoms with E-state index in [0.29, 0.717) is 11.0 Å². The fraction of sp³-hybridized carbons (Fsp3) is 0.235. The van der Waals surface area contributed by atoms with E-state index in [2.05, 4.69) is 21.2 Å². The van der Waals surface area contributed by atoms with E-state index in [0.717, 1.165) is 18.0 Å². The molecule has 3 nitrogen and oxygen atoms in total. The molecule has 0 saturated carbocycles. The fourth-order valence-corrected chi connectivity index (χ4v) is 2.54. The van der Waals surface area contributed by atoms with Gasteiger partial charge >= 0.3 is 0 Å². The quantitative estimate of drug-likeness (QED) is 0.810. The second-order valence-corrected chi connectivity index (χ2v) is 6.03. The first-order valence-electron chi connectivity index (χ1n) is 7.21. The number of hydrogen-bond donors (Lipinski definition) is 2. The van der Waals surface area contributed by atoms with Crippen LogP contribution in [0.2, 0.25) is 0 Å². The highest BCUT2D eigenvalue weighted by molar-refractivity contribution is 9.10. The predicted octanol–water partition coefficient (Wildman–Crippen LogP) is 2.63. The molecule has 116 valence electrons. The maximum absolute atomic E-state index is 13.7. The second-order valence-electron chi connectivity index (χ2n) is 5.12. The maximum atomic E-state index is 13.7. The molecular formula is C17H19BrFN2O+. The first-order chi connectivity index (χ1) is 10.6. The zero-order chi connectivity index (χ0) is 15.9. The minimum Gasteiger partial charge on any atom is -0.324 e. The Bertz CT molecular complexity index is 634. The third kappa shape index (κ3) is 4.93. The fourth-order valence-electron chi connectivity index (χ4n) is 2.21. The van der Waals surface area contributed by atoms with E-state index in [-0.39, 0.29) is 11.6 Å². The van der Waals surface area contributed by atoms with Gasteiger partial charge in [0.15, 0.2) is 6.54 Å². The van der Waals surface area contributed by atoms with Crippen LogP contribution in [0.4, 0.5) is 10.1 Å². The molecule has 2 aromatic carbocycles. The van der Waals surface area contributed by atoms with Gasteiger partial charge in [0.1, 0.15) is 12.4 Å². The van der Waals surface area contributed by atoms with Crippen LogP contribution < -0.4 is 10.2 Å². The van der Waals surface area contributed by atoms with Gasteiger partial charge in [-0.2, -0.15) is 0 Å². The van der Waals surface area contributed by atoms with Crippen LogP contribution in [-0.2, 0) is 11.3 Å². The summed E-state index contributed by atoms with van der Waals surface area (Å²) in [6.45, 7) is 3.94. The third-order valence-corrected chi connectivity index (χ3v) is 3.91. The van der Waals surface area contributed by atoms with Crippen molar-refractivity contribution in [2.75, 3.05) is 18.4 Å². The summed E-state index contributed by atoms with van der Waals surface area (Å²) >= 11 is 3.19. The molecule has 0 aromatic heterocycles. The van der Waals surface area contributed by atoms with Gasteiger partial charge < -0.3 is 10.2 Å². The lowest BCUT2D eigenvalue weighted by Crippen LogP contribution is -3.11. The summed E-state index contributed by atoms with van der Waals surface area (Å²) in [5.41, 5.74) is 1.39. The molecule has 0 aliphatic rings. The summed E-state index contributed by atoms with van der Waals surface area (Å²) in [6.07, 6.45) is 0. The van der Waals surface area contributed by atoms with Crippen molar-refractivity contribution in [1.29, 1.82) is 0 Å². The summed E-state index contributed by atoms with van der Waals surface area (Å²) in [4.78, 5) is 13.2. The molecule has 2 aromatic rings. The first kappa shape index (κ1) is 16.6. The SMILES string of the molecule is CC[NH+](CC(=O)Nc1ccc(Br)cc1F)Cc1ccccc1. The van der Waals surface area contributed by atoms with E-state index >= 15 is 0 Å². The molecule has 1 amide bonds. The molecular weight excluding hydrogens is 347 g/mol. The lowest BCUT2D eigenvalue weighted by Gasteiger charge is -2.17. The molecule has 22 heavy (non-hydrogen) atoms. The van der Waals surface area contributed by atoms with Crippen molar-refractivity contribution in [2.24, 2.45) is 0 Å². The topological polar surface area (TPSA) is 33.5 Å². The Morgan fingerprint density at radius 1 is 1.23 bits per heavy atom. The minimum atomic E-state index is -0.441. The van der Waals surface area contributed by atoms with Gasteiger partial charge in [0.25, 0.3) is 5.91 Å². The summed E-state index contributed by atoms with van der Waals surface area (Å²) in [6, 6.07) is 14.6. The molecule has 0 saturated heterocycles. The third-order valence-electron chi connectivity index (χ3n) is 3.41. The molecule has 0 fully saturated rings. The Hall–Kier alpha value is -1.72. The van der Waals surface area contributed by atoms with E-state index in [1.54, 1.807) is 12.1 Å². The lowest BCUT2D eigenvalue weighted by atomic mass is 10.2. The second kappa shape index (κ2) is 8.06. The molecule has 0 heterocycles. The van der Waals surface area contributed by atoms with Crippen molar-refractivity contribution < 1.29 is 14.1 Å². The Labute approximate surface area is 138 Å². The highest BCUT2D eigenvalue weighted by Crippen LogP contribution is 2.18. The number of carbonyl (C=O) groups excluding carboxylic acids is 1. The number of quaternary nitrogens is 1. The Morgan fingerprint density at radius 3 is 2.59 bits per heavy atom. The van der Waals surface area contributed by atoms with Crippen LogP contribution in [0.15, 0.2) is 53.0 Å². The number of likely N-dealkylation sites (N-methyl/N-ethyl adjacent to an activating group) is 1. The van der Waals surface area contributed by atoms with Crippen LogP contribution in [0.1, 0.15) is 12.5 Å². The van der Waals surface area contributed by atoms with Crippen LogP contribution in [0.25, 0.3) is 0 Å². The van der Waals surface area contributed by atoms with Crippen LogP contribution in [0, 0.1) is 5.82 Å². The highest BCUT2D eigenvalue weighted by Gasteiger charge is 2.14. The number of rotatable bonds is 6. The molecule has 1 atom stereocenters. The molecule has 0 aliphatic carbocycles. The van der Waals surface area contributed by atoms with Crippen molar-refractivity contribution in [2.45, 2.75) is 13.5 Å². The maximum Gasteiger partial charge on any atom is 0.279 e. The molecule has 0 aliphatic heterocycles. The highest BCUT2D eigenvalue weighted by atomic mass is 79.9. The molecule has 5 heteroatoms. The molecule has 2 N–H and O–H groups in total. The minimum absolute atomic E-state index is 0.186. The number of halogens is 2. The zero-order valence-corrected chi connectivity index (χ0v) is 14.0. The summed E-state index contributed by atoms with van der Waals surface area (Å²) < 4.78 is 14.4. The van der Waals surface area contributed by atoms with E-state index in [1.807, 2.05) is 37.3 Å². The molecule has 2 rings (SSSR count). The van der Waals surface area contributed by atoms with Crippen LogP contribution in [0.5, 0.6) is 0 Å². The normalized spacial score (nSPS) is 12.0. The number of carbonyl (C=O) groups is 1. The average molecular weight is 366 g/mol. The van der Waals surface area contributed by atoms with Crippen molar-refractivity contribution in [3.8, 4) is 0 Å². The largest absolute Gasteiger partial charge is 0.324 e. The van der Waals surface area contributed by atoms with Gasteiger partial charge in [0, 0.05) is 10.0 Å². The summed E-state index contributed by atoms with van der Waals surface area (Å²) in [5.74, 6) is -0.627. The van der Waals surface area contributed by atoms with E-state index < -0.39 is 5.82 Å². The Morgan fingerprint density at radius 2 is 1.95 bits per heavy atom. The number of hydrogen-bond acceptors (Lipinski definition) is 1. The van der Waals surface area contributed by atoms with Crippen molar-refractivity contribution >= 4 is 27.5 Å². The molecule has 0 spiro atoms. The van der Waals surface area contributed by atoms with Crippen LogP contribution >= 0.6 is 15.9 Å². The smallest absolute Gasteiger partial charge is 0.279 e. The van der Waals surface area contributed by atoms with Gasteiger partial charge in [-0.25, -0.2) is 4.39 Å². The van der Waals surface area contributed by atoms with Gasteiger partial charge in [0.05, 0.1) is 12.2 Å². The average Bonchev–Trinajstić information content (AvgIpc) is 2.50. The molecule has 0 radical (unpaired) electrons. The Balaban J connectivity index is 1.94. The zero-order valence-electron chi connectivity index (χ0n) is 12.4. The van der Waals surface area contributed by atoms with Crippen LogP contribution in [-0.4, -0.2) is 19.0 Å². The van der Waals surface area contributed by atoms with E-state index in [4.69, 9.17) is 0 Å². The number of amides is 1. The van der Waals surface area contributed by atoms with Crippen molar-refractivity contribution in [3.05, 3.63) is 64.4 Å². The van der Waals surface area contributed by atoms with E-state index in [9.17, 15) is 9.18 Å². The van der Waals surface area contributed by atoms with Crippen LogP contribution in [0.3, 0.4) is 0 Å². The van der Waals surface area contributed by atoms with Gasteiger partial charge in [-0.15, -0.1) is 0 Å². The van der Waals surface area contributed by atoms with Gasteiger partial charge in [0.2, 0.25) is 0 Å². The van der Waals surface area contributed by atoms with E-state index in [1.165, 1.54) is 11.6 Å². The molecule has 0 bridgehead atoms. The van der Waals surface area contributed by atoms with Gasteiger partial charge in [-0.1, -0.05) is 46.3 Å².